The molecule has 0 bridgehead atoms. The molecule has 1 heterocycles. The number of para-hydroxylation sites is 1. The predicted octanol–water partition coefficient (Wildman–Crippen LogP) is 4.89. The van der Waals surface area contributed by atoms with E-state index in [2.05, 4.69) is 21.7 Å². The molecule has 2 aromatic carbocycles. The van der Waals surface area contributed by atoms with Crippen LogP contribution in [0.4, 0.5) is 5.69 Å². The Kier molecular flexibility index (Phi) is 4.26. The highest BCUT2D eigenvalue weighted by molar-refractivity contribution is 6.32. The lowest BCUT2D eigenvalue weighted by atomic mass is 10.3. The molecule has 110 valence electrons. The van der Waals surface area contributed by atoms with Crippen LogP contribution in [-0.4, -0.2) is 17.9 Å². The van der Waals surface area contributed by atoms with Crippen molar-refractivity contribution in [3.8, 4) is 11.4 Å². The summed E-state index contributed by atoms with van der Waals surface area (Å²) in [7, 11) is 1.59. The van der Waals surface area contributed by atoms with Gasteiger partial charge in [0.1, 0.15) is 5.75 Å². The van der Waals surface area contributed by atoms with E-state index in [4.69, 9.17) is 16.3 Å². The smallest absolute Gasteiger partial charge is 0.137 e. The number of hydrogen-bond acceptors (Lipinski definition) is 2. The first-order valence-corrected chi connectivity index (χ1v) is 7.25. The van der Waals surface area contributed by atoms with Gasteiger partial charge in [-0.3, -0.25) is 4.99 Å². The average molecular weight is 311 g/mol. The summed E-state index contributed by atoms with van der Waals surface area (Å²) >= 11 is 6.09. The van der Waals surface area contributed by atoms with Crippen molar-refractivity contribution in [2.24, 2.45) is 4.99 Å². The second kappa shape index (κ2) is 6.50. The average Bonchev–Trinajstić information content (AvgIpc) is 3.03. The fourth-order valence-corrected chi connectivity index (χ4v) is 2.39. The number of methoxy groups -OCH3 is 1. The van der Waals surface area contributed by atoms with Gasteiger partial charge in [0.15, 0.2) is 0 Å². The van der Waals surface area contributed by atoms with Crippen molar-refractivity contribution in [2.45, 2.75) is 0 Å². The van der Waals surface area contributed by atoms with E-state index in [9.17, 15) is 0 Å². The topological polar surface area (TPSA) is 26.5 Å². The molecule has 0 N–H and O–H groups in total. The number of ether oxygens (including phenoxy) is 1. The van der Waals surface area contributed by atoms with Crippen LogP contribution < -0.4 is 4.74 Å². The molecule has 0 spiro atoms. The molecule has 0 atom stereocenters. The van der Waals surface area contributed by atoms with Crippen LogP contribution in [0.2, 0.25) is 5.02 Å². The van der Waals surface area contributed by atoms with E-state index >= 15 is 0 Å². The second-order valence-corrected chi connectivity index (χ2v) is 5.17. The number of aromatic nitrogens is 1. The minimum absolute atomic E-state index is 0.555. The highest BCUT2D eigenvalue weighted by atomic mass is 35.5. The standard InChI is InChI=1S/C18H15ClN2O/c1-22-18-8-7-15(11-17(18)19)20-12-14-9-10-21(13-14)16-5-3-2-4-6-16/h2-13H,1H3. The molecule has 0 saturated carbocycles. The van der Waals surface area contributed by atoms with Gasteiger partial charge in [-0.2, -0.15) is 0 Å². The lowest BCUT2D eigenvalue weighted by Crippen LogP contribution is -1.88. The largest absolute Gasteiger partial charge is 0.495 e. The molecule has 22 heavy (non-hydrogen) atoms. The lowest BCUT2D eigenvalue weighted by Gasteiger charge is -2.02. The third-order valence-electron chi connectivity index (χ3n) is 3.27. The van der Waals surface area contributed by atoms with E-state index < -0.39 is 0 Å². The maximum absolute atomic E-state index is 6.09. The van der Waals surface area contributed by atoms with Gasteiger partial charge in [-0.05, 0) is 36.4 Å². The van der Waals surface area contributed by atoms with Crippen molar-refractivity contribution in [1.29, 1.82) is 0 Å². The van der Waals surface area contributed by atoms with E-state index in [1.165, 1.54) is 0 Å². The Morgan fingerprint density at radius 3 is 2.64 bits per heavy atom. The van der Waals surface area contributed by atoms with Crippen molar-refractivity contribution in [2.75, 3.05) is 7.11 Å². The molecule has 0 saturated heterocycles. The van der Waals surface area contributed by atoms with Crippen molar-refractivity contribution < 1.29 is 4.74 Å². The van der Waals surface area contributed by atoms with Gasteiger partial charge in [0.05, 0.1) is 17.8 Å². The summed E-state index contributed by atoms with van der Waals surface area (Å²) in [5.41, 5.74) is 2.93. The molecule has 0 amide bonds. The molecular weight excluding hydrogens is 296 g/mol. The number of rotatable bonds is 4. The molecular formula is C18H15ClN2O. The van der Waals surface area contributed by atoms with Crippen LogP contribution in [0.1, 0.15) is 5.56 Å². The quantitative estimate of drug-likeness (QED) is 0.630. The summed E-state index contributed by atoms with van der Waals surface area (Å²) in [5, 5.41) is 0.555. The Bertz CT molecular complexity index is 794. The van der Waals surface area contributed by atoms with E-state index in [0.717, 1.165) is 16.9 Å². The van der Waals surface area contributed by atoms with Crippen LogP contribution in [0.3, 0.4) is 0 Å². The summed E-state index contributed by atoms with van der Waals surface area (Å²) in [4.78, 5) is 4.44. The van der Waals surface area contributed by atoms with Gasteiger partial charge < -0.3 is 9.30 Å². The Hall–Kier alpha value is -2.52. The summed E-state index contributed by atoms with van der Waals surface area (Å²) in [6.07, 6.45) is 5.86. The van der Waals surface area contributed by atoms with Crippen LogP contribution in [-0.2, 0) is 0 Å². The predicted molar refractivity (Wildman–Crippen MR) is 91.0 cm³/mol. The molecule has 3 nitrogen and oxygen atoms in total. The Labute approximate surface area is 134 Å². The molecule has 4 heteroatoms. The Morgan fingerprint density at radius 2 is 1.91 bits per heavy atom. The third kappa shape index (κ3) is 3.21. The molecule has 0 fully saturated rings. The van der Waals surface area contributed by atoms with Crippen molar-refractivity contribution in [3.05, 3.63) is 77.6 Å². The van der Waals surface area contributed by atoms with E-state index in [1.54, 1.807) is 13.2 Å². The van der Waals surface area contributed by atoms with Crippen molar-refractivity contribution in [1.82, 2.24) is 4.57 Å². The van der Waals surface area contributed by atoms with Gasteiger partial charge in [-0.15, -0.1) is 0 Å². The maximum Gasteiger partial charge on any atom is 0.137 e. The van der Waals surface area contributed by atoms with Gasteiger partial charge >= 0.3 is 0 Å². The molecule has 0 aliphatic rings. The molecule has 0 radical (unpaired) electrons. The monoisotopic (exact) mass is 310 g/mol. The molecule has 1 aromatic heterocycles. The van der Waals surface area contributed by atoms with Crippen LogP contribution in [0, 0.1) is 0 Å². The number of aliphatic imine (C=N–C) groups is 1. The van der Waals surface area contributed by atoms with Crippen LogP contribution in [0.15, 0.2) is 72.0 Å². The fourth-order valence-electron chi connectivity index (χ4n) is 2.13. The highest BCUT2D eigenvalue weighted by Gasteiger charge is 2.01. The molecule has 3 rings (SSSR count). The zero-order valence-electron chi connectivity index (χ0n) is 12.1. The molecule has 3 aromatic rings. The summed E-state index contributed by atoms with van der Waals surface area (Å²) in [6, 6.07) is 17.6. The number of benzene rings is 2. The summed E-state index contributed by atoms with van der Waals surface area (Å²) in [5.74, 6) is 0.649. The van der Waals surface area contributed by atoms with Crippen LogP contribution in [0.5, 0.6) is 5.75 Å². The van der Waals surface area contributed by atoms with Gasteiger partial charge in [-0.1, -0.05) is 29.8 Å². The number of nitrogens with zero attached hydrogens (tertiary/aromatic N) is 2. The zero-order valence-corrected chi connectivity index (χ0v) is 12.9. The zero-order chi connectivity index (χ0) is 15.4. The molecule has 0 unspecified atom stereocenters. The fraction of sp³-hybridized carbons (Fsp3) is 0.0556. The molecule has 0 aliphatic carbocycles. The SMILES string of the molecule is COc1ccc(N=Cc2ccn(-c3ccccc3)c2)cc1Cl. The van der Waals surface area contributed by atoms with Crippen molar-refractivity contribution >= 4 is 23.5 Å². The lowest BCUT2D eigenvalue weighted by molar-refractivity contribution is 0.415. The first-order valence-electron chi connectivity index (χ1n) is 6.87. The van der Waals surface area contributed by atoms with Crippen LogP contribution in [0.25, 0.3) is 5.69 Å². The normalized spacial score (nSPS) is 11.0. The second-order valence-electron chi connectivity index (χ2n) is 4.76. The summed E-state index contributed by atoms with van der Waals surface area (Å²) in [6.45, 7) is 0. The van der Waals surface area contributed by atoms with Gasteiger partial charge in [-0.25, -0.2) is 0 Å². The van der Waals surface area contributed by atoms with Gasteiger partial charge in [0.2, 0.25) is 0 Å². The van der Waals surface area contributed by atoms with Gasteiger partial charge in [0.25, 0.3) is 0 Å². The Morgan fingerprint density at radius 1 is 1.09 bits per heavy atom. The third-order valence-corrected chi connectivity index (χ3v) is 3.56. The van der Waals surface area contributed by atoms with Gasteiger partial charge in [0, 0.05) is 29.9 Å². The van der Waals surface area contributed by atoms with E-state index in [-0.39, 0.29) is 0 Å². The van der Waals surface area contributed by atoms with Crippen molar-refractivity contribution in [3.63, 3.8) is 0 Å². The Balaban J connectivity index is 1.79. The first kappa shape index (κ1) is 14.4. The van der Waals surface area contributed by atoms with Crippen LogP contribution >= 0.6 is 11.6 Å². The highest BCUT2D eigenvalue weighted by Crippen LogP contribution is 2.28. The molecule has 0 aliphatic heterocycles. The minimum Gasteiger partial charge on any atom is -0.495 e. The number of halogens is 1. The number of hydrogen-bond donors (Lipinski definition) is 0. The minimum atomic E-state index is 0.555. The first-order chi connectivity index (χ1) is 10.8. The van der Waals surface area contributed by atoms with E-state index in [1.807, 2.05) is 55.0 Å². The summed E-state index contributed by atoms with van der Waals surface area (Å²) < 4.78 is 7.19. The maximum atomic E-state index is 6.09. The van der Waals surface area contributed by atoms with E-state index in [0.29, 0.717) is 10.8 Å².